The zero-order chi connectivity index (χ0) is 16.3. The van der Waals surface area contributed by atoms with Crippen LogP contribution in [0.4, 0.5) is 6.01 Å². The maximum Gasteiger partial charge on any atom is 0.315 e. The van der Waals surface area contributed by atoms with Gasteiger partial charge in [0.15, 0.2) is 9.84 Å². The Morgan fingerprint density at radius 3 is 2.91 bits per heavy atom. The summed E-state index contributed by atoms with van der Waals surface area (Å²) in [5, 5.41) is 11.0. The van der Waals surface area contributed by atoms with Crippen LogP contribution in [0.2, 0.25) is 0 Å². The third kappa shape index (κ3) is 3.82. The lowest BCUT2D eigenvalue weighted by Gasteiger charge is -2.08. The summed E-state index contributed by atoms with van der Waals surface area (Å²) in [5.74, 6) is 1.33. The average Bonchev–Trinajstić information content (AvgIpc) is 3.12. The van der Waals surface area contributed by atoms with E-state index < -0.39 is 9.84 Å². The van der Waals surface area contributed by atoms with Crippen LogP contribution >= 0.6 is 0 Å². The zero-order valence-electron chi connectivity index (χ0n) is 12.9. The van der Waals surface area contributed by atoms with Crippen molar-refractivity contribution >= 4 is 15.9 Å². The summed E-state index contributed by atoms with van der Waals surface area (Å²) in [7, 11) is -2.95. The highest BCUT2D eigenvalue weighted by atomic mass is 32.2. The van der Waals surface area contributed by atoms with Gasteiger partial charge in [0.2, 0.25) is 0 Å². The van der Waals surface area contributed by atoms with Gasteiger partial charge in [-0.3, -0.25) is 0 Å². The first-order chi connectivity index (χ1) is 11.1. The van der Waals surface area contributed by atoms with Gasteiger partial charge in [0.05, 0.1) is 23.7 Å². The molecule has 23 heavy (non-hydrogen) atoms. The van der Waals surface area contributed by atoms with Gasteiger partial charge in [-0.15, -0.1) is 5.10 Å². The van der Waals surface area contributed by atoms with E-state index in [1.54, 1.807) is 0 Å². The van der Waals surface area contributed by atoms with Gasteiger partial charge >= 0.3 is 6.01 Å². The van der Waals surface area contributed by atoms with Gasteiger partial charge in [-0.1, -0.05) is 24.2 Å². The molecule has 3 rings (SSSR count). The van der Waals surface area contributed by atoms with Gasteiger partial charge in [0, 0.05) is 6.04 Å². The zero-order valence-corrected chi connectivity index (χ0v) is 13.7. The number of nitrogens with one attached hydrogen (secondary N) is 1. The number of benzene rings is 1. The molecule has 0 saturated carbocycles. The number of aromatic nitrogens is 2. The number of hydrogen-bond donors (Lipinski definition) is 1. The van der Waals surface area contributed by atoms with E-state index in [0.717, 1.165) is 12.0 Å². The fourth-order valence-electron chi connectivity index (χ4n) is 2.46. The van der Waals surface area contributed by atoms with E-state index in [1.165, 1.54) is 0 Å². The van der Waals surface area contributed by atoms with Crippen molar-refractivity contribution in [3.05, 3.63) is 24.3 Å². The molecule has 7 nitrogen and oxygen atoms in total. The van der Waals surface area contributed by atoms with Gasteiger partial charge in [-0.25, -0.2) is 8.42 Å². The van der Waals surface area contributed by atoms with E-state index in [9.17, 15) is 8.42 Å². The van der Waals surface area contributed by atoms with Crippen molar-refractivity contribution in [1.29, 1.82) is 0 Å². The molecule has 1 aliphatic heterocycles. The van der Waals surface area contributed by atoms with Gasteiger partial charge in [-0.05, 0) is 25.0 Å². The number of sulfone groups is 1. The third-order valence-electron chi connectivity index (χ3n) is 3.56. The Hall–Kier alpha value is -2.09. The lowest BCUT2D eigenvalue weighted by Crippen LogP contribution is -2.20. The first kappa shape index (κ1) is 15.8. The number of rotatable bonds is 6. The van der Waals surface area contributed by atoms with Crippen LogP contribution in [0, 0.1) is 0 Å². The SMILES string of the molecule is CCCOc1ccccc1-c1nnc(NC2CCS(=O)(=O)C2)o1. The molecule has 1 aliphatic rings. The quantitative estimate of drug-likeness (QED) is 0.862. The van der Waals surface area contributed by atoms with Crippen LogP contribution in [0.15, 0.2) is 28.7 Å². The van der Waals surface area contributed by atoms with Crippen LogP contribution in [0.3, 0.4) is 0 Å². The molecule has 8 heteroatoms. The number of nitrogens with zero attached hydrogens (tertiary/aromatic N) is 2. The predicted octanol–water partition coefficient (Wildman–Crippen LogP) is 2.12. The van der Waals surface area contributed by atoms with E-state index in [4.69, 9.17) is 9.15 Å². The average molecular weight is 337 g/mol. The molecule has 1 unspecified atom stereocenters. The van der Waals surface area contributed by atoms with Gasteiger partial charge in [0.1, 0.15) is 5.75 Å². The van der Waals surface area contributed by atoms with Crippen molar-refractivity contribution in [3.63, 3.8) is 0 Å². The van der Waals surface area contributed by atoms with E-state index in [-0.39, 0.29) is 23.6 Å². The lowest BCUT2D eigenvalue weighted by atomic mass is 10.2. The molecule has 0 aliphatic carbocycles. The van der Waals surface area contributed by atoms with E-state index in [2.05, 4.69) is 15.5 Å². The number of hydrogen-bond acceptors (Lipinski definition) is 7. The first-order valence-corrected chi connectivity index (χ1v) is 9.42. The molecule has 1 N–H and O–H groups in total. The highest BCUT2D eigenvalue weighted by Crippen LogP contribution is 2.30. The second-order valence-corrected chi connectivity index (χ2v) is 7.73. The topological polar surface area (TPSA) is 94.3 Å². The molecule has 124 valence electrons. The molecule has 0 radical (unpaired) electrons. The summed E-state index contributed by atoms with van der Waals surface area (Å²) < 4.78 is 34.3. The molecule has 1 atom stereocenters. The van der Waals surface area contributed by atoms with Gasteiger partial charge in [-0.2, -0.15) is 0 Å². The Labute approximate surface area is 135 Å². The van der Waals surface area contributed by atoms with Crippen molar-refractivity contribution in [2.75, 3.05) is 23.4 Å². The lowest BCUT2D eigenvalue weighted by molar-refractivity contribution is 0.318. The molecule has 1 aromatic carbocycles. The maximum absolute atomic E-state index is 11.5. The number of para-hydroxylation sites is 1. The minimum atomic E-state index is -2.95. The summed E-state index contributed by atoms with van der Waals surface area (Å²) in [5.41, 5.74) is 0.723. The van der Waals surface area contributed by atoms with Crippen LogP contribution in [-0.2, 0) is 9.84 Å². The molecule has 2 heterocycles. The second kappa shape index (κ2) is 6.57. The summed E-state index contributed by atoms with van der Waals surface area (Å²) in [6.07, 6.45) is 1.46. The van der Waals surface area contributed by atoms with Crippen LogP contribution in [0.25, 0.3) is 11.5 Å². The fourth-order valence-corrected chi connectivity index (χ4v) is 4.13. The normalized spacial score (nSPS) is 19.6. The van der Waals surface area contributed by atoms with Crippen LogP contribution in [0.1, 0.15) is 19.8 Å². The Balaban J connectivity index is 1.75. The molecule has 1 fully saturated rings. The van der Waals surface area contributed by atoms with Crippen LogP contribution in [-0.4, -0.2) is 42.8 Å². The Morgan fingerprint density at radius 2 is 2.17 bits per heavy atom. The second-order valence-electron chi connectivity index (χ2n) is 5.50. The van der Waals surface area contributed by atoms with Crippen LogP contribution in [0.5, 0.6) is 5.75 Å². The standard InChI is InChI=1S/C15H19N3O4S/c1-2-8-21-13-6-4-3-5-12(13)14-17-18-15(22-14)16-11-7-9-23(19,20)10-11/h3-6,11H,2,7-10H2,1H3,(H,16,18). The van der Waals surface area contributed by atoms with E-state index >= 15 is 0 Å². The predicted molar refractivity (Wildman–Crippen MR) is 86.2 cm³/mol. The molecule has 0 spiro atoms. The first-order valence-electron chi connectivity index (χ1n) is 7.60. The van der Waals surface area contributed by atoms with Crippen molar-refractivity contribution in [2.45, 2.75) is 25.8 Å². The van der Waals surface area contributed by atoms with Crippen LogP contribution < -0.4 is 10.1 Å². The Morgan fingerprint density at radius 1 is 1.35 bits per heavy atom. The molecule has 1 saturated heterocycles. The van der Waals surface area contributed by atoms with Gasteiger partial charge < -0.3 is 14.5 Å². The molecule has 0 amide bonds. The highest BCUT2D eigenvalue weighted by molar-refractivity contribution is 7.91. The smallest absolute Gasteiger partial charge is 0.315 e. The Bertz CT molecular complexity index is 773. The number of ether oxygens (including phenoxy) is 1. The molecule has 2 aromatic rings. The largest absolute Gasteiger partial charge is 0.493 e. The molecular weight excluding hydrogens is 318 g/mol. The Kier molecular flexibility index (Phi) is 4.51. The van der Waals surface area contributed by atoms with E-state index in [0.29, 0.717) is 24.7 Å². The highest BCUT2D eigenvalue weighted by Gasteiger charge is 2.29. The summed E-state index contributed by atoms with van der Waals surface area (Å²) in [6, 6.07) is 7.50. The maximum atomic E-state index is 11.5. The molecular formula is C15H19N3O4S. The minimum Gasteiger partial charge on any atom is -0.493 e. The fraction of sp³-hybridized carbons (Fsp3) is 0.467. The summed E-state index contributed by atoms with van der Waals surface area (Å²) in [6.45, 7) is 2.64. The third-order valence-corrected chi connectivity index (χ3v) is 5.33. The van der Waals surface area contributed by atoms with Crippen molar-refractivity contribution in [3.8, 4) is 17.2 Å². The summed E-state index contributed by atoms with van der Waals surface area (Å²) >= 11 is 0. The van der Waals surface area contributed by atoms with Gasteiger partial charge in [0.25, 0.3) is 5.89 Å². The van der Waals surface area contributed by atoms with Crippen molar-refractivity contribution in [1.82, 2.24) is 10.2 Å². The van der Waals surface area contributed by atoms with Crippen molar-refractivity contribution < 1.29 is 17.6 Å². The van der Waals surface area contributed by atoms with Crippen molar-refractivity contribution in [2.24, 2.45) is 0 Å². The monoisotopic (exact) mass is 337 g/mol. The number of anilines is 1. The molecule has 1 aromatic heterocycles. The molecule has 0 bridgehead atoms. The minimum absolute atomic E-state index is 0.0981. The summed E-state index contributed by atoms with van der Waals surface area (Å²) in [4.78, 5) is 0. The van der Waals surface area contributed by atoms with E-state index in [1.807, 2.05) is 31.2 Å².